The highest BCUT2D eigenvalue weighted by molar-refractivity contribution is 5.89. The average molecular weight is 375 g/mol. The Hall–Kier alpha value is -1.16. The lowest BCUT2D eigenvalue weighted by Gasteiger charge is -2.59. The molecule has 0 heterocycles. The zero-order valence-electron chi connectivity index (χ0n) is 17.2. The Morgan fingerprint density at radius 3 is 2.41 bits per heavy atom. The molecule has 0 aliphatic heterocycles. The molecule has 4 aliphatic carbocycles. The van der Waals surface area contributed by atoms with E-state index < -0.39 is 5.60 Å². The predicted octanol–water partition coefficient (Wildman–Crippen LogP) is 4.20. The Bertz CT molecular complexity index is 696. The molecule has 3 fully saturated rings. The third kappa shape index (κ3) is 2.51. The summed E-state index contributed by atoms with van der Waals surface area (Å²) in [5, 5.41) is 10.1. The van der Waals surface area contributed by atoms with Gasteiger partial charge in [-0.3, -0.25) is 9.59 Å². The van der Waals surface area contributed by atoms with Crippen LogP contribution in [-0.4, -0.2) is 28.6 Å². The molecule has 4 rings (SSSR count). The van der Waals surface area contributed by atoms with Crippen molar-refractivity contribution in [3.63, 3.8) is 0 Å². The number of hydrogen-bond donors (Lipinski definition) is 1. The van der Waals surface area contributed by atoms with Crippen molar-refractivity contribution in [1.29, 1.82) is 0 Å². The van der Waals surface area contributed by atoms with Gasteiger partial charge in [0.05, 0.1) is 6.10 Å². The number of rotatable bonds is 2. The number of allylic oxidation sites excluding steroid dienone is 1. The molecule has 0 saturated heterocycles. The lowest BCUT2D eigenvalue weighted by atomic mass is 9.46. The van der Waals surface area contributed by atoms with Crippen LogP contribution in [0.4, 0.5) is 0 Å². The van der Waals surface area contributed by atoms with Crippen LogP contribution in [-0.2, 0) is 14.3 Å². The molecule has 0 bridgehead atoms. The van der Waals surface area contributed by atoms with Crippen molar-refractivity contribution >= 4 is 11.8 Å². The average Bonchev–Trinajstić information content (AvgIpc) is 2.89. The maximum atomic E-state index is 12.7. The molecule has 0 aromatic heterocycles. The quantitative estimate of drug-likeness (QED) is 0.581. The minimum Gasteiger partial charge on any atom is -0.451 e. The van der Waals surface area contributed by atoms with E-state index in [-0.39, 0.29) is 28.7 Å². The van der Waals surface area contributed by atoms with Crippen LogP contribution < -0.4 is 0 Å². The number of aliphatic hydroxyl groups is 1. The molecule has 4 aliphatic rings. The van der Waals surface area contributed by atoms with E-state index in [0.29, 0.717) is 24.2 Å². The molecule has 0 radical (unpaired) electrons. The van der Waals surface area contributed by atoms with Crippen molar-refractivity contribution in [3.8, 4) is 0 Å². The Morgan fingerprint density at radius 2 is 1.74 bits per heavy atom. The molecule has 4 heteroatoms. The molecule has 7 atom stereocenters. The number of aliphatic hydroxyl groups excluding tert-OH is 1. The predicted molar refractivity (Wildman–Crippen MR) is 103 cm³/mol. The third-order valence-electron chi connectivity index (χ3n) is 9.10. The number of Topliss-reactive ketones (excluding diaryl/α,β-unsaturated/α-hetero) is 1. The summed E-state index contributed by atoms with van der Waals surface area (Å²) in [6.07, 6.45) is 9.62. The zero-order valence-corrected chi connectivity index (χ0v) is 17.2. The first kappa shape index (κ1) is 19.2. The maximum absolute atomic E-state index is 12.7. The van der Waals surface area contributed by atoms with Crippen LogP contribution in [0.2, 0.25) is 0 Å². The van der Waals surface area contributed by atoms with Crippen LogP contribution in [0.1, 0.15) is 79.1 Å². The first-order chi connectivity index (χ1) is 12.6. The van der Waals surface area contributed by atoms with Crippen molar-refractivity contribution in [2.75, 3.05) is 0 Å². The van der Waals surface area contributed by atoms with Crippen LogP contribution in [0.5, 0.6) is 0 Å². The molecule has 0 spiro atoms. The second-order valence-corrected chi connectivity index (χ2v) is 10.1. The lowest BCUT2D eigenvalue weighted by Crippen LogP contribution is -2.58. The van der Waals surface area contributed by atoms with Crippen LogP contribution in [0.3, 0.4) is 0 Å². The highest BCUT2D eigenvalue weighted by Gasteiger charge is 2.67. The van der Waals surface area contributed by atoms with Gasteiger partial charge in [-0.05, 0) is 81.5 Å². The highest BCUT2D eigenvalue weighted by atomic mass is 16.6. The van der Waals surface area contributed by atoms with Crippen LogP contribution in [0.15, 0.2) is 11.6 Å². The molecule has 0 unspecified atom stereocenters. The summed E-state index contributed by atoms with van der Waals surface area (Å²) in [5.41, 5.74) is 0.458. The van der Waals surface area contributed by atoms with Gasteiger partial charge in [0.2, 0.25) is 0 Å². The van der Waals surface area contributed by atoms with E-state index in [4.69, 9.17) is 4.74 Å². The number of ether oxygens (including phenoxy) is 1. The first-order valence-electron chi connectivity index (χ1n) is 10.7. The number of carbonyl (C=O) groups is 2. The van der Waals surface area contributed by atoms with Gasteiger partial charge in [-0.25, -0.2) is 0 Å². The number of esters is 1. The Balaban J connectivity index is 1.69. The Labute approximate surface area is 162 Å². The summed E-state index contributed by atoms with van der Waals surface area (Å²) in [6, 6.07) is 0. The fraction of sp³-hybridized carbons (Fsp3) is 0.826. The molecule has 0 amide bonds. The summed E-state index contributed by atoms with van der Waals surface area (Å²) >= 11 is 0. The SMILES string of the molecule is CC(=O)O[C@]1(C(C)=O)CC[C@H]2[C@@H]3CCC4=C[C@@H](O)CC[C@]4(C)[C@H]3CC[C@@]21C. The normalized spacial score (nSPS) is 48.7. The van der Waals surface area contributed by atoms with Gasteiger partial charge in [-0.15, -0.1) is 0 Å². The molecule has 3 saturated carbocycles. The van der Waals surface area contributed by atoms with Gasteiger partial charge >= 0.3 is 5.97 Å². The first-order valence-corrected chi connectivity index (χ1v) is 10.7. The number of ketones is 1. The maximum Gasteiger partial charge on any atom is 0.303 e. The summed E-state index contributed by atoms with van der Waals surface area (Å²) in [6.45, 7) is 7.65. The summed E-state index contributed by atoms with van der Waals surface area (Å²) in [4.78, 5) is 24.6. The number of fused-ring (bicyclic) bond motifs is 5. The van der Waals surface area contributed by atoms with Gasteiger partial charge in [-0.1, -0.05) is 25.5 Å². The number of hydrogen-bond acceptors (Lipinski definition) is 4. The second-order valence-electron chi connectivity index (χ2n) is 10.1. The van der Waals surface area contributed by atoms with Crippen molar-refractivity contribution < 1.29 is 19.4 Å². The molecular weight excluding hydrogens is 340 g/mol. The van der Waals surface area contributed by atoms with Gasteiger partial charge in [-0.2, -0.15) is 0 Å². The topological polar surface area (TPSA) is 63.6 Å². The smallest absolute Gasteiger partial charge is 0.303 e. The van der Waals surface area contributed by atoms with Crippen LogP contribution >= 0.6 is 0 Å². The Morgan fingerprint density at radius 1 is 1.04 bits per heavy atom. The van der Waals surface area contributed by atoms with Crippen LogP contribution in [0, 0.1) is 28.6 Å². The summed E-state index contributed by atoms with van der Waals surface area (Å²) < 4.78 is 5.83. The van der Waals surface area contributed by atoms with E-state index in [0.717, 1.165) is 44.9 Å². The van der Waals surface area contributed by atoms with Gasteiger partial charge < -0.3 is 9.84 Å². The second kappa shape index (κ2) is 6.17. The highest BCUT2D eigenvalue weighted by Crippen LogP contribution is 2.68. The minimum absolute atomic E-state index is 0.0181. The fourth-order valence-electron chi connectivity index (χ4n) is 7.77. The molecule has 27 heavy (non-hydrogen) atoms. The van der Waals surface area contributed by atoms with Gasteiger partial charge in [0.1, 0.15) is 0 Å². The van der Waals surface area contributed by atoms with E-state index in [2.05, 4.69) is 19.9 Å². The summed E-state index contributed by atoms with van der Waals surface area (Å²) in [7, 11) is 0. The van der Waals surface area contributed by atoms with E-state index in [1.54, 1.807) is 6.92 Å². The number of carbonyl (C=O) groups excluding carboxylic acids is 2. The standard InChI is InChI=1S/C23H34O4/c1-14(24)23(27-15(2)25)12-9-20-18-6-5-16-13-17(26)7-10-21(16,3)19(18)8-11-22(20,23)4/h13,17-20,26H,5-12H2,1-4H3/t17-,18+,19-,20-,21-,22-,23-/m0/s1. The van der Waals surface area contributed by atoms with E-state index in [9.17, 15) is 14.7 Å². The minimum atomic E-state index is -0.936. The van der Waals surface area contributed by atoms with Crippen molar-refractivity contribution in [3.05, 3.63) is 11.6 Å². The Kier molecular flexibility index (Phi) is 4.38. The van der Waals surface area contributed by atoms with Gasteiger partial charge in [0, 0.05) is 12.3 Å². The summed E-state index contributed by atoms with van der Waals surface area (Å²) in [5.74, 6) is 1.31. The third-order valence-corrected chi connectivity index (χ3v) is 9.10. The lowest BCUT2D eigenvalue weighted by molar-refractivity contribution is -0.187. The molecule has 4 nitrogen and oxygen atoms in total. The van der Waals surface area contributed by atoms with E-state index >= 15 is 0 Å². The van der Waals surface area contributed by atoms with Crippen molar-refractivity contribution in [1.82, 2.24) is 0 Å². The zero-order chi connectivity index (χ0) is 19.6. The van der Waals surface area contributed by atoms with E-state index in [1.807, 2.05) is 0 Å². The monoisotopic (exact) mass is 374 g/mol. The van der Waals surface area contributed by atoms with Crippen molar-refractivity contribution in [2.24, 2.45) is 28.6 Å². The molecule has 0 aromatic carbocycles. The molecule has 150 valence electrons. The molecular formula is C23H34O4. The van der Waals surface area contributed by atoms with Crippen LogP contribution in [0.25, 0.3) is 0 Å². The largest absolute Gasteiger partial charge is 0.451 e. The van der Waals surface area contributed by atoms with E-state index in [1.165, 1.54) is 12.5 Å². The van der Waals surface area contributed by atoms with Crippen molar-refractivity contribution in [2.45, 2.75) is 90.8 Å². The van der Waals surface area contributed by atoms with Gasteiger partial charge in [0.25, 0.3) is 0 Å². The van der Waals surface area contributed by atoms with Gasteiger partial charge in [0.15, 0.2) is 11.4 Å². The molecule has 0 aromatic rings. The molecule has 1 N–H and O–H groups in total. The fourth-order valence-corrected chi connectivity index (χ4v) is 7.77.